The largest absolute Gasteiger partial charge is 0.366 e. The first-order valence-corrected chi connectivity index (χ1v) is 6.13. The fourth-order valence-corrected chi connectivity index (χ4v) is 2.03. The SMILES string of the molecule is CC(CNCc1cc(C(N)=O)cs1)N(C)C. The summed E-state index contributed by atoms with van der Waals surface area (Å²) in [6, 6.07) is 2.34. The van der Waals surface area contributed by atoms with Crippen molar-refractivity contribution < 1.29 is 4.79 Å². The number of likely N-dealkylation sites (N-methyl/N-ethyl adjacent to an activating group) is 1. The normalized spacial score (nSPS) is 13.0. The van der Waals surface area contributed by atoms with E-state index in [9.17, 15) is 4.79 Å². The molecule has 90 valence electrons. The van der Waals surface area contributed by atoms with Crippen molar-refractivity contribution in [1.82, 2.24) is 10.2 Å². The van der Waals surface area contributed by atoms with Gasteiger partial charge < -0.3 is 16.0 Å². The highest BCUT2D eigenvalue weighted by Gasteiger charge is 2.06. The molecule has 16 heavy (non-hydrogen) atoms. The number of carbonyl (C=O) groups excluding carboxylic acids is 1. The molecule has 0 saturated heterocycles. The van der Waals surface area contributed by atoms with Crippen LogP contribution >= 0.6 is 11.3 Å². The maximum Gasteiger partial charge on any atom is 0.249 e. The van der Waals surface area contributed by atoms with Crippen molar-refractivity contribution in [2.75, 3.05) is 20.6 Å². The summed E-state index contributed by atoms with van der Waals surface area (Å²) in [6.07, 6.45) is 0. The standard InChI is InChI=1S/C11H19N3OS/c1-8(14(2)3)5-13-6-10-4-9(7-16-10)11(12)15/h4,7-8,13H,5-6H2,1-3H3,(H2,12,15). The first-order valence-electron chi connectivity index (χ1n) is 5.25. The van der Waals surface area contributed by atoms with E-state index in [1.165, 1.54) is 0 Å². The van der Waals surface area contributed by atoms with Gasteiger partial charge in [0.25, 0.3) is 0 Å². The second kappa shape index (κ2) is 5.98. The fraction of sp³-hybridized carbons (Fsp3) is 0.545. The van der Waals surface area contributed by atoms with E-state index in [2.05, 4.69) is 31.2 Å². The minimum atomic E-state index is -0.357. The van der Waals surface area contributed by atoms with E-state index in [1.54, 1.807) is 16.7 Å². The molecule has 0 aliphatic rings. The van der Waals surface area contributed by atoms with E-state index in [1.807, 2.05) is 6.07 Å². The van der Waals surface area contributed by atoms with Crippen LogP contribution in [0.4, 0.5) is 0 Å². The van der Waals surface area contributed by atoms with Gasteiger partial charge in [-0.3, -0.25) is 4.79 Å². The molecule has 0 fully saturated rings. The van der Waals surface area contributed by atoms with Crippen LogP contribution in [0.5, 0.6) is 0 Å². The third-order valence-electron chi connectivity index (χ3n) is 2.56. The molecule has 0 saturated carbocycles. The number of rotatable bonds is 6. The summed E-state index contributed by atoms with van der Waals surface area (Å²) in [5.74, 6) is -0.357. The zero-order valence-electron chi connectivity index (χ0n) is 9.99. The minimum Gasteiger partial charge on any atom is -0.366 e. The Labute approximate surface area is 100 Å². The summed E-state index contributed by atoms with van der Waals surface area (Å²) in [5, 5.41) is 5.15. The van der Waals surface area contributed by atoms with Crippen LogP contribution in [0.15, 0.2) is 11.4 Å². The van der Waals surface area contributed by atoms with Crippen molar-refractivity contribution in [3.05, 3.63) is 21.9 Å². The summed E-state index contributed by atoms with van der Waals surface area (Å²) in [4.78, 5) is 14.2. The van der Waals surface area contributed by atoms with Gasteiger partial charge in [-0.1, -0.05) is 0 Å². The Morgan fingerprint density at radius 1 is 1.62 bits per heavy atom. The van der Waals surface area contributed by atoms with Crippen LogP contribution in [-0.2, 0) is 6.54 Å². The quantitative estimate of drug-likeness (QED) is 0.777. The Kier molecular flexibility index (Phi) is 4.92. The number of thiophene rings is 1. The monoisotopic (exact) mass is 241 g/mol. The molecule has 1 aromatic heterocycles. The van der Waals surface area contributed by atoms with E-state index >= 15 is 0 Å². The smallest absolute Gasteiger partial charge is 0.249 e. The molecule has 1 unspecified atom stereocenters. The van der Waals surface area contributed by atoms with Gasteiger partial charge >= 0.3 is 0 Å². The first-order chi connectivity index (χ1) is 7.50. The lowest BCUT2D eigenvalue weighted by atomic mass is 10.3. The molecule has 1 aromatic rings. The van der Waals surface area contributed by atoms with E-state index in [0.29, 0.717) is 11.6 Å². The number of nitrogens with one attached hydrogen (secondary N) is 1. The topological polar surface area (TPSA) is 58.4 Å². The highest BCUT2D eigenvalue weighted by Crippen LogP contribution is 2.13. The van der Waals surface area contributed by atoms with Gasteiger partial charge in [-0.25, -0.2) is 0 Å². The van der Waals surface area contributed by atoms with Crippen molar-refractivity contribution in [3.8, 4) is 0 Å². The summed E-state index contributed by atoms with van der Waals surface area (Å²) in [6.45, 7) is 3.88. The lowest BCUT2D eigenvalue weighted by Crippen LogP contribution is -2.35. The molecule has 0 aliphatic carbocycles. The summed E-state index contributed by atoms with van der Waals surface area (Å²) < 4.78 is 0. The Hall–Kier alpha value is -0.910. The van der Waals surface area contributed by atoms with Crippen molar-refractivity contribution in [2.24, 2.45) is 5.73 Å². The number of amides is 1. The molecule has 4 nitrogen and oxygen atoms in total. The number of carbonyl (C=O) groups is 1. The summed E-state index contributed by atoms with van der Waals surface area (Å²) >= 11 is 1.56. The highest BCUT2D eigenvalue weighted by molar-refractivity contribution is 7.10. The van der Waals surface area contributed by atoms with Crippen molar-refractivity contribution >= 4 is 17.2 Å². The Balaban J connectivity index is 2.35. The Morgan fingerprint density at radius 2 is 2.31 bits per heavy atom. The van der Waals surface area contributed by atoms with Crippen LogP contribution in [0.1, 0.15) is 22.2 Å². The zero-order chi connectivity index (χ0) is 12.1. The molecule has 0 aromatic carbocycles. The molecular weight excluding hydrogens is 222 g/mol. The minimum absolute atomic E-state index is 0.357. The van der Waals surface area contributed by atoms with Crippen LogP contribution in [0, 0.1) is 0 Å². The van der Waals surface area contributed by atoms with E-state index < -0.39 is 0 Å². The fourth-order valence-electron chi connectivity index (χ4n) is 1.19. The molecule has 3 N–H and O–H groups in total. The van der Waals surface area contributed by atoms with Gasteiger partial charge in [-0.2, -0.15) is 0 Å². The summed E-state index contributed by atoms with van der Waals surface area (Å²) in [7, 11) is 4.12. The number of hydrogen-bond donors (Lipinski definition) is 2. The molecule has 0 bridgehead atoms. The van der Waals surface area contributed by atoms with Gasteiger partial charge in [0.1, 0.15) is 0 Å². The van der Waals surface area contributed by atoms with Crippen LogP contribution < -0.4 is 11.1 Å². The predicted octanol–water partition coefficient (Wildman–Crippen LogP) is 0.887. The predicted molar refractivity (Wildman–Crippen MR) is 67.7 cm³/mol. The molecule has 1 amide bonds. The lowest BCUT2D eigenvalue weighted by molar-refractivity contribution is 0.100. The summed E-state index contributed by atoms with van der Waals surface area (Å²) in [5.41, 5.74) is 5.78. The Bertz CT molecular complexity index is 349. The molecule has 0 aliphatic heterocycles. The van der Waals surface area contributed by atoms with Gasteiger partial charge in [0.2, 0.25) is 5.91 Å². The number of primary amides is 1. The van der Waals surface area contributed by atoms with Crippen LogP contribution in [0.2, 0.25) is 0 Å². The highest BCUT2D eigenvalue weighted by atomic mass is 32.1. The maximum absolute atomic E-state index is 10.9. The molecule has 1 atom stereocenters. The first kappa shape index (κ1) is 13.2. The van der Waals surface area contributed by atoms with Crippen molar-refractivity contribution in [2.45, 2.75) is 19.5 Å². The lowest BCUT2D eigenvalue weighted by Gasteiger charge is -2.19. The molecule has 5 heteroatoms. The van der Waals surface area contributed by atoms with Crippen molar-refractivity contribution in [1.29, 1.82) is 0 Å². The average molecular weight is 241 g/mol. The van der Waals surface area contributed by atoms with E-state index in [4.69, 9.17) is 5.73 Å². The number of hydrogen-bond acceptors (Lipinski definition) is 4. The second-order valence-corrected chi connectivity index (χ2v) is 5.11. The Morgan fingerprint density at radius 3 is 2.81 bits per heavy atom. The van der Waals surface area contributed by atoms with E-state index in [0.717, 1.165) is 18.0 Å². The van der Waals surface area contributed by atoms with Gasteiger partial charge in [0, 0.05) is 29.4 Å². The molecular formula is C11H19N3OS. The van der Waals surface area contributed by atoms with Gasteiger partial charge in [-0.15, -0.1) is 11.3 Å². The molecule has 1 rings (SSSR count). The third kappa shape index (κ3) is 3.92. The average Bonchev–Trinajstić information content (AvgIpc) is 2.66. The molecule has 1 heterocycles. The van der Waals surface area contributed by atoms with Crippen LogP contribution in [-0.4, -0.2) is 37.5 Å². The number of nitrogens with two attached hydrogens (primary N) is 1. The zero-order valence-corrected chi connectivity index (χ0v) is 10.8. The van der Waals surface area contributed by atoms with Crippen molar-refractivity contribution in [3.63, 3.8) is 0 Å². The maximum atomic E-state index is 10.9. The molecule has 0 spiro atoms. The molecule has 0 radical (unpaired) electrons. The van der Waals surface area contributed by atoms with Crippen LogP contribution in [0.3, 0.4) is 0 Å². The van der Waals surface area contributed by atoms with Crippen LogP contribution in [0.25, 0.3) is 0 Å². The third-order valence-corrected chi connectivity index (χ3v) is 3.50. The van der Waals surface area contributed by atoms with Gasteiger partial charge in [0.05, 0.1) is 5.56 Å². The second-order valence-electron chi connectivity index (χ2n) is 4.11. The van der Waals surface area contributed by atoms with E-state index in [-0.39, 0.29) is 5.91 Å². The number of nitrogens with zero attached hydrogens (tertiary/aromatic N) is 1. The van der Waals surface area contributed by atoms with Gasteiger partial charge in [0.15, 0.2) is 0 Å². The van der Waals surface area contributed by atoms with Gasteiger partial charge in [-0.05, 0) is 27.1 Å².